The van der Waals surface area contributed by atoms with Crippen LogP contribution in [0.1, 0.15) is 16.8 Å². The van der Waals surface area contributed by atoms with E-state index < -0.39 is 0 Å². The lowest BCUT2D eigenvalue weighted by Crippen LogP contribution is -2.09. The van der Waals surface area contributed by atoms with Crippen molar-refractivity contribution in [2.24, 2.45) is 0 Å². The fourth-order valence-electron chi connectivity index (χ4n) is 3.36. The van der Waals surface area contributed by atoms with Gasteiger partial charge in [-0.1, -0.05) is 11.6 Å². The van der Waals surface area contributed by atoms with Crippen LogP contribution in [-0.2, 0) is 6.42 Å². The fraction of sp³-hybridized carbons (Fsp3) is 0.190. The Balaban J connectivity index is 1.64. The summed E-state index contributed by atoms with van der Waals surface area (Å²) in [5, 5.41) is 12.9. The molecule has 9 heteroatoms. The largest absolute Gasteiger partial charge is 0.496 e. The number of fused-ring (bicyclic) bond motifs is 1. The van der Waals surface area contributed by atoms with E-state index >= 15 is 0 Å². The van der Waals surface area contributed by atoms with Gasteiger partial charge in [0.15, 0.2) is 11.5 Å². The highest BCUT2D eigenvalue weighted by molar-refractivity contribution is 6.32. The molecule has 1 aromatic carbocycles. The molecule has 4 aromatic rings. The van der Waals surface area contributed by atoms with Crippen LogP contribution in [0.25, 0.3) is 22.3 Å². The first-order valence-electron chi connectivity index (χ1n) is 9.22. The van der Waals surface area contributed by atoms with Gasteiger partial charge in [-0.25, -0.2) is 19.9 Å². The summed E-state index contributed by atoms with van der Waals surface area (Å²) in [7, 11) is 1.64. The first-order chi connectivity index (χ1) is 14.6. The van der Waals surface area contributed by atoms with Crippen LogP contribution >= 0.6 is 11.6 Å². The number of nitrogens with zero attached hydrogens (tertiary/aromatic N) is 5. The number of imidazole rings is 1. The lowest BCUT2D eigenvalue weighted by Gasteiger charge is -2.18. The van der Waals surface area contributed by atoms with Crippen molar-refractivity contribution in [3.05, 3.63) is 58.9 Å². The number of nitrogens with one attached hydrogen (secondary N) is 2. The van der Waals surface area contributed by atoms with Crippen LogP contribution in [0.5, 0.6) is 5.75 Å². The van der Waals surface area contributed by atoms with Gasteiger partial charge < -0.3 is 15.0 Å². The van der Waals surface area contributed by atoms with E-state index in [0.717, 1.165) is 28.0 Å². The maximum atomic E-state index is 9.01. The average molecular weight is 420 g/mol. The second-order valence-electron chi connectivity index (χ2n) is 6.59. The summed E-state index contributed by atoms with van der Waals surface area (Å²) in [6.07, 6.45) is 5.39. The predicted molar refractivity (Wildman–Crippen MR) is 115 cm³/mol. The van der Waals surface area contributed by atoms with Gasteiger partial charge in [0, 0.05) is 28.9 Å². The Morgan fingerprint density at radius 3 is 2.83 bits per heavy atom. The van der Waals surface area contributed by atoms with E-state index in [9.17, 15) is 0 Å². The highest BCUT2D eigenvalue weighted by atomic mass is 35.5. The molecule has 150 valence electrons. The number of ether oxygens (including phenoxy) is 1. The molecule has 8 nitrogen and oxygen atoms in total. The Labute approximate surface area is 177 Å². The van der Waals surface area contributed by atoms with Gasteiger partial charge in [-0.2, -0.15) is 5.26 Å². The van der Waals surface area contributed by atoms with Gasteiger partial charge in [-0.3, -0.25) is 0 Å². The first-order valence-corrected chi connectivity index (χ1v) is 9.60. The molecule has 2 N–H and O–H groups in total. The van der Waals surface area contributed by atoms with E-state index in [1.807, 2.05) is 25.1 Å². The molecule has 3 aromatic heterocycles. The molecule has 0 fully saturated rings. The lowest BCUT2D eigenvalue weighted by atomic mass is 9.96. The number of benzene rings is 1. The Morgan fingerprint density at radius 2 is 2.10 bits per heavy atom. The van der Waals surface area contributed by atoms with Crippen molar-refractivity contribution < 1.29 is 4.74 Å². The van der Waals surface area contributed by atoms with Gasteiger partial charge in [0.2, 0.25) is 0 Å². The van der Waals surface area contributed by atoms with E-state index in [-0.39, 0.29) is 0 Å². The molecule has 0 saturated carbocycles. The van der Waals surface area contributed by atoms with Gasteiger partial charge in [-0.15, -0.1) is 0 Å². The van der Waals surface area contributed by atoms with Crippen molar-refractivity contribution in [3.63, 3.8) is 0 Å². The number of aromatic amines is 1. The number of pyridine rings is 1. The van der Waals surface area contributed by atoms with E-state index in [4.69, 9.17) is 21.6 Å². The number of aromatic nitrogens is 5. The minimum atomic E-state index is 0.358. The van der Waals surface area contributed by atoms with Crippen LogP contribution in [0, 0.1) is 18.3 Å². The van der Waals surface area contributed by atoms with E-state index in [1.54, 1.807) is 25.7 Å². The van der Waals surface area contributed by atoms with Crippen molar-refractivity contribution in [3.8, 4) is 22.9 Å². The average Bonchev–Trinajstić information content (AvgIpc) is 3.26. The molecule has 0 spiro atoms. The molecule has 0 unspecified atom stereocenters. The van der Waals surface area contributed by atoms with E-state index in [0.29, 0.717) is 40.7 Å². The number of halogens is 1. The van der Waals surface area contributed by atoms with Crippen LogP contribution in [0.15, 0.2) is 37.1 Å². The topological polar surface area (TPSA) is 112 Å². The molecule has 0 aliphatic carbocycles. The van der Waals surface area contributed by atoms with E-state index in [1.165, 1.54) is 6.33 Å². The number of nitriles is 1. The van der Waals surface area contributed by atoms with Crippen molar-refractivity contribution in [1.29, 1.82) is 5.26 Å². The molecule has 4 rings (SSSR count). The number of rotatable bonds is 6. The quantitative estimate of drug-likeness (QED) is 0.487. The standard InChI is InChI=1S/C21H18ClN7O/c1-12-16(22)7-13(5-6-24-20-18-21(27-10-26-18)29-11-28-20)19(30-2)17(12)14-3-4-15(8-23)25-9-14/h3-4,7,9-11H,5-6H2,1-2H3,(H2,24,26,27,28,29). The number of hydrogen-bond acceptors (Lipinski definition) is 7. The van der Waals surface area contributed by atoms with Gasteiger partial charge in [0.1, 0.15) is 29.4 Å². The summed E-state index contributed by atoms with van der Waals surface area (Å²) in [6, 6.07) is 7.48. The number of methoxy groups -OCH3 is 1. The van der Waals surface area contributed by atoms with Gasteiger partial charge >= 0.3 is 0 Å². The van der Waals surface area contributed by atoms with Gasteiger partial charge in [0.05, 0.1) is 13.4 Å². The van der Waals surface area contributed by atoms with Crippen molar-refractivity contribution in [2.75, 3.05) is 19.0 Å². The smallest absolute Gasteiger partial charge is 0.162 e. The molecule has 3 heterocycles. The second kappa shape index (κ2) is 8.35. The highest BCUT2D eigenvalue weighted by Gasteiger charge is 2.18. The SMILES string of the molecule is COc1c(CCNc2ncnc3[nH]cnc23)cc(Cl)c(C)c1-c1ccc(C#N)nc1. The molecule has 0 saturated heterocycles. The summed E-state index contributed by atoms with van der Waals surface area (Å²) >= 11 is 6.53. The van der Waals surface area contributed by atoms with Crippen molar-refractivity contribution >= 4 is 28.6 Å². The maximum Gasteiger partial charge on any atom is 0.162 e. The summed E-state index contributed by atoms with van der Waals surface area (Å²) in [6.45, 7) is 2.54. The van der Waals surface area contributed by atoms with Gasteiger partial charge in [0.25, 0.3) is 0 Å². The van der Waals surface area contributed by atoms with Gasteiger partial charge in [-0.05, 0) is 42.7 Å². The molecule has 0 radical (unpaired) electrons. The van der Waals surface area contributed by atoms with Crippen molar-refractivity contribution in [2.45, 2.75) is 13.3 Å². The fourth-order valence-corrected chi connectivity index (χ4v) is 3.59. The lowest BCUT2D eigenvalue weighted by molar-refractivity contribution is 0.411. The molecule has 0 aliphatic rings. The summed E-state index contributed by atoms with van der Waals surface area (Å²) in [4.78, 5) is 19.8. The Kier molecular flexibility index (Phi) is 5.46. The molecular formula is C21H18ClN7O. The van der Waals surface area contributed by atoms with Crippen LogP contribution in [-0.4, -0.2) is 38.6 Å². The summed E-state index contributed by atoms with van der Waals surface area (Å²) < 4.78 is 5.76. The molecule has 0 atom stereocenters. The van der Waals surface area contributed by atoms with Crippen LogP contribution in [0.3, 0.4) is 0 Å². The third kappa shape index (κ3) is 3.63. The minimum absolute atomic E-state index is 0.358. The van der Waals surface area contributed by atoms with E-state index in [2.05, 4.69) is 30.2 Å². The number of hydrogen-bond donors (Lipinski definition) is 2. The zero-order valence-electron chi connectivity index (χ0n) is 16.4. The Bertz CT molecular complexity index is 1240. The Morgan fingerprint density at radius 1 is 1.23 bits per heavy atom. The highest BCUT2D eigenvalue weighted by Crippen LogP contribution is 2.40. The zero-order valence-corrected chi connectivity index (χ0v) is 17.2. The molecule has 0 amide bonds. The van der Waals surface area contributed by atoms with Crippen LogP contribution < -0.4 is 10.1 Å². The number of H-pyrrole nitrogens is 1. The normalized spacial score (nSPS) is 10.7. The summed E-state index contributed by atoms with van der Waals surface area (Å²) in [5.41, 5.74) is 5.28. The number of anilines is 1. The predicted octanol–water partition coefficient (Wildman–Crippen LogP) is 3.91. The maximum absolute atomic E-state index is 9.01. The Hall–Kier alpha value is -3.70. The molecule has 30 heavy (non-hydrogen) atoms. The third-order valence-electron chi connectivity index (χ3n) is 4.83. The zero-order chi connectivity index (χ0) is 21.1. The minimum Gasteiger partial charge on any atom is -0.496 e. The third-order valence-corrected chi connectivity index (χ3v) is 5.22. The van der Waals surface area contributed by atoms with Crippen LogP contribution in [0.4, 0.5) is 5.82 Å². The molecule has 0 aliphatic heterocycles. The first kappa shape index (κ1) is 19.6. The monoisotopic (exact) mass is 419 g/mol. The molecular weight excluding hydrogens is 402 g/mol. The van der Waals surface area contributed by atoms with Crippen LogP contribution in [0.2, 0.25) is 5.02 Å². The second-order valence-corrected chi connectivity index (χ2v) is 7.00. The van der Waals surface area contributed by atoms with Crippen molar-refractivity contribution in [1.82, 2.24) is 24.9 Å². The molecule has 0 bridgehead atoms. The summed E-state index contributed by atoms with van der Waals surface area (Å²) in [5.74, 6) is 1.40.